The molecule has 4 nitrogen and oxygen atoms in total. The van der Waals surface area contributed by atoms with Gasteiger partial charge in [-0.1, -0.05) is 12.1 Å². The lowest BCUT2D eigenvalue weighted by molar-refractivity contribution is -0.130. The molecule has 1 saturated carbocycles. The quantitative estimate of drug-likeness (QED) is 0.802. The van der Waals surface area contributed by atoms with E-state index < -0.39 is 0 Å². The first-order valence-corrected chi connectivity index (χ1v) is 6.40. The van der Waals surface area contributed by atoms with E-state index in [0.717, 1.165) is 12.1 Å². The highest BCUT2D eigenvalue weighted by Crippen LogP contribution is 2.18. The number of hydrogen-bond donors (Lipinski definition) is 2. The molecule has 0 aromatic heterocycles. The topological polar surface area (TPSA) is 52.6 Å². The van der Waals surface area contributed by atoms with E-state index in [9.17, 15) is 9.90 Å². The number of amides is 1. The summed E-state index contributed by atoms with van der Waals surface area (Å²) in [6.45, 7) is 1.30. The van der Waals surface area contributed by atoms with Gasteiger partial charge >= 0.3 is 0 Å². The summed E-state index contributed by atoms with van der Waals surface area (Å²) in [5, 5.41) is 12.7. The monoisotopic (exact) mass is 248 g/mol. The van der Waals surface area contributed by atoms with Crippen LogP contribution in [0.1, 0.15) is 24.8 Å². The van der Waals surface area contributed by atoms with Crippen molar-refractivity contribution in [2.24, 2.45) is 0 Å². The molecule has 1 aromatic carbocycles. The second-order valence-corrected chi connectivity index (χ2v) is 4.90. The standard InChI is InChI=1S/C14H20N2O2/c1-16(10-11-3-2-4-13(17)9-11)14(18)7-8-15-12-5-6-12/h2-4,9,12,15,17H,5-8,10H2,1H3. The molecule has 0 bridgehead atoms. The van der Waals surface area contributed by atoms with Gasteiger partial charge in [0.1, 0.15) is 5.75 Å². The Morgan fingerprint density at radius 1 is 1.50 bits per heavy atom. The number of hydrogen-bond acceptors (Lipinski definition) is 3. The second-order valence-electron chi connectivity index (χ2n) is 4.90. The summed E-state index contributed by atoms with van der Waals surface area (Å²) < 4.78 is 0. The average molecular weight is 248 g/mol. The van der Waals surface area contributed by atoms with Gasteiger partial charge in [-0.15, -0.1) is 0 Å². The van der Waals surface area contributed by atoms with Crippen LogP contribution in [0.4, 0.5) is 0 Å². The fraction of sp³-hybridized carbons (Fsp3) is 0.500. The summed E-state index contributed by atoms with van der Waals surface area (Å²) in [5.41, 5.74) is 0.945. The molecule has 1 fully saturated rings. The van der Waals surface area contributed by atoms with Crippen molar-refractivity contribution in [1.29, 1.82) is 0 Å². The lowest BCUT2D eigenvalue weighted by Gasteiger charge is -2.17. The molecule has 0 spiro atoms. The summed E-state index contributed by atoms with van der Waals surface area (Å²) in [7, 11) is 1.80. The molecule has 1 amide bonds. The molecule has 1 aliphatic rings. The molecule has 0 saturated heterocycles. The molecule has 18 heavy (non-hydrogen) atoms. The Balaban J connectivity index is 1.75. The first-order chi connectivity index (χ1) is 8.65. The van der Waals surface area contributed by atoms with Crippen molar-refractivity contribution in [3.63, 3.8) is 0 Å². The third-order valence-electron chi connectivity index (χ3n) is 3.11. The molecular formula is C14H20N2O2. The van der Waals surface area contributed by atoms with E-state index in [4.69, 9.17) is 0 Å². The zero-order valence-corrected chi connectivity index (χ0v) is 10.7. The molecule has 4 heteroatoms. The van der Waals surface area contributed by atoms with E-state index in [0.29, 0.717) is 19.0 Å². The first-order valence-electron chi connectivity index (χ1n) is 6.40. The van der Waals surface area contributed by atoms with Gasteiger partial charge in [-0.25, -0.2) is 0 Å². The van der Waals surface area contributed by atoms with Crippen molar-refractivity contribution < 1.29 is 9.90 Å². The molecule has 1 aliphatic carbocycles. The fourth-order valence-electron chi connectivity index (χ4n) is 1.88. The van der Waals surface area contributed by atoms with E-state index in [-0.39, 0.29) is 11.7 Å². The summed E-state index contributed by atoms with van der Waals surface area (Å²) >= 11 is 0. The zero-order chi connectivity index (χ0) is 13.0. The number of nitrogens with one attached hydrogen (secondary N) is 1. The van der Waals surface area contributed by atoms with Crippen molar-refractivity contribution >= 4 is 5.91 Å². The van der Waals surface area contributed by atoms with Crippen molar-refractivity contribution in [3.05, 3.63) is 29.8 Å². The lowest BCUT2D eigenvalue weighted by atomic mass is 10.2. The first kappa shape index (κ1) is 12.9. The number of carbonyl (C=O) groups excluding carboxylic acids is 1. The molecular weight excluding hydrogens is 228 g/mol. The van der Waals surface area contributed by atoms with Crippen LogP contribution in [0.3, 0.4) is 0 Å². The van der Waals surface area contributed by atoms with Crippen LogP contribution in [0.2, 0.25) is 0 Å². The Morgan fingerprint density at radius 2 is 2.28 bits per heavy atom. The van der Waals surface area contributed by atoms with Gasteiger partial charge in [0.25, 0.3) is 0 Å². The van der Waals surface area contributed by atoms with Crippen LogP contribution in [-0.4, -0.2) is 35.5 Å². The van der Waals surface area contributed by atoms with Crippen LogP contribution in [0, 0.1) is 0 Å². The van der Waals surface area contributed by atoms with Gasteiger partial charge in [0.05, 0.1) is 0 Å². The van der Waals surface area contributed by atoms with Crippen LogP contribution in [0.25, 0.3) is 0 Å². The van der Waals surface area contributed by atoms with E-state index in [1.165, 1.54) is 12.8 Å². The van der Waals surface area contributed by atoms with Crippen LogP contribution in [0.15, 0.2) is 24.3 Å². The van der Waals surface area contributed by atoms with E-state index >= 15 is 0 Å². The van der Waals surface area contributed by atoms with Gasteiger partial charge in [-0.2, -0.15) is 0 Å². The van der Waals surface area contributed by atoms with Crippen molar-refractivity contribution in [2.75, 3.05) is 13.6 Å². The summed E-state index contributed by atoms with van der Waals surface area (Å²) in [5.74, 6) is 0.371. The number of aromatic hydroxyl groups is 1. The third kappa shape index (κ3) is 4.04. The van der Waals surface area contributed by atoms with E-state index in [1.807, 2.05) is 6.07 Å². The van der Waals surface area contributed by atoms with Crippen molar-refractivity contribution in [1.82, 2.24) is 10.2 Å². The molecule has 0 heterocycles. The van der Waals surface area contributed by atoms with E-state index in [1.54, 1.807) is 30.1 Å². The normalized spacial score (nSPS) is 14.5. The Labute approximate surface area is 108 Å². The molecule has 1 aromatic rings. The maximum absolute atomic E-state index is 11.9. The predicted molar refractivity (Wildman–Crippen MR) is 70.2 cm³/mol. The molecule has 2 N–H and O–H groups in total. The second kappa shape index (κ2) is 5.87. The van der Waals surface area contributed by atoms with Gasteiger partial charge in [-0.05, 0) is 30.5 Å². The highest BCUT2D eigenvalue weighted by atomic mass is 16.3. The minimum atomic E-state index is 0.131. The summed E-state index contributed by atoms with van der Waals surface area (Å²) in [6, 6.07) is 7.66. The van der Waals surface area contributed by atoms with Gasteiger partial charge < -0.3 is 15.3 Å². The number of phenolic OH excluding ortho intramolecular Hbond substituents is 1. The Kier molecular flexibility index (Phi) is 4.20. The van der Waals surface area contributed by atoms with Crippen LogP contribution >= 0.6 is 0 Å². The summed E-state index contributed by atoms with van der Waals surface area (Å²) in [4.78, 5) is 13.6. The number of benzene rings is 1. The average Bonchev–Trinajstić information content (AvgIpc) is 3.13. The number of carbonyl (C=O) groups is 1. The zero-order valence-electron chi connectivity index (χ0n) is 10.7. The molecule has 0 radical (unpaired) electrons. The van der Waals surface area contributed by atoms with Crippen LogP contribution in [0.5, 0.6) is 5.75 Å². The maximum atomic E-state index is 11.9. The molecule has 0 unspecified atom stereocenters. The molecule has 0 atom stereocenters. The Bertz CT molecular complexity index is 416. The Hall–Kier alpha value is -1.55. The highest BCUT2D eigenvalue weighted by Gasteiger charge is 2.20. The number of rotatable bonds is 6. The SMILES string of the molecule is CN(Cc1cccc(O)c1)C(=O)CCNC1CC1. The van der Waals surface area contributed by atoms with Gasteiger partial charge in [0.15, 0.2) is 0 Å². The number of nitrogens with zero attached hydrogens (tertiary/aromatic N) is 1. The maximum Gasteiger partial charge on any atom is 0.223 e. The third-order valence-corrected chi connectivity index (χ3v) is 3.11. The predicted octanol–water partition coefficient (Wildman–Crippen LogP) is 1.49. The molecule has 2 rings (SSSR count). The smallest absolute Gasteiger partial charge is 0.223 e. The van der Waals surface area contributed by atoms with E-state index in [2.05, 4.69) is 5.32 Å². The van der Waals surface area contributed by atoms with Gasteiger partial charge in [0.2, 0.25) is 5.91 Å². The van der Waals surface area contributed by atoms with Crippen molar-refractivity contribution in [2.45, 2.75) is 31.8 Å². The van der Waals surface area contributed by atoms with Gasteiger partial charge in [0, 0.05) is 32.6 Å². The fourth-order valence-corrected chi connectivity index (χ4v) is 1.88. The Morgan fingerprint density at radius 3 is 2.94 bits per heavy atom. The molecule has 98 valence electrons. The van der Waals surface area contributed by atoms with Crippen LogP contribution in [-0.2, 0) is 11.3 Å². The van der Waals surface area contributed by atoms with Gasteiger partial charge in [-0.3, -0.25) is 4.79 Å². The van der Waals surface area contributed by atoms with Crippen molar-refractivity contribution in [3.8, 4) is 5.75 Å². The largest absolute Gasteiger partial charge is 0.508 e. The minimum absolute atomic E-state index is 0.131. The summed E-state index contributed by atoms with van der Waals surface area (Å²) in [6.07, 6.45) is 3.02. The van der Waals surface area contributed by atoms with Crippen LogP contribution < -0.4 is 5.32 Å². The lowest BCUT2D eigenvalue weighted by Crippen LogP contribution is -2.30. The highest BCUT2D eigenvalue weighted by molar-refractivity contribution is 5.76. The minimum Gasteiger partial charge on any atom is -0.508 e. The number of phenols is 1. The molecule has 0 aliphatic heterocycles.